The Morgan fingerprint density at radius 1 is 1.21 bits per heavy atom. The van der Waals surface area contributed by atoms with Crippen molar-refractivity contribution in [2.75, 3.05) is 46.0 Å². The largest absolute Gasteiger partial charge is 0.494 e. The van der Waals surface area contributed by atoms with Crippen LogP contribution >= 0.6 is 0 Å². The first-order valence-corrected chi connectivity index (χ1v) is 9.16. The first-order chi connectivity index (χ1) is 11.7. The van der Waals surface area contributed by atoms with Crippen molar-refractivity contribution in [3.8, 4) is 11.5 Å². The minimum atomic E-state index is 0.234. The van der Waals surface area contributed by atoms with E-state index in [2.05, 4.69) is 11.0 Å². The molecule has 1 unspecified atom stereocenters. The Balaban J connectivity index is 2.14. The molecule has 1 fully saturated rings. The van der Waals surface area contributed by atoms with Crippen LogP contribution in [0.2, 0.25) is 0 Å². The Hall–Kier alpha value is -1.30. The van der Waals surface area contributed by atoms with E-state index >= 15 is 0 Å². The fourth-order valence-electron chi connectivity index (χ4n) is 3.65. The van der Waals surface area contributed by atoms with Crippen molar-refractivity contribution in [3.63, 3.8) is 0 Å². The summed E-state index contributed by atoms with van der Waals surface area (Å²) in [6, 6.07) is 6.13. The number of aliphatic hydroxyl groups excluding tert-OH is 1. The zero-order valence-corrected chi connectivity index (χ0v) is 15.0. The van der Waals surface area contributed by atoms with Crippen molar-refractivity contribution < 1.29 is 14.6 Å². The van der Waals surface area contributed by atoms with E-state index in [1.54, 1.807) is 0 Å². The number of likely N-dealkylation sites (tertiary alicyclic amines) is 1. The van der Waals surface area contributed by atoms with Gasteiger partial charge in [-0.25, -0.2) is 0 Å². The molecule has 0 amide bonds. The lowest BCUT2D eigenvalue weighted by Crippen LogP contribution is -2.38. The van der Waals surface area contributed by atoms with Gasteiger partial charge in [0.25, 0.3) is 0 Å². The first-order valence-electron chi connectivity index (χ1n) is 9.16. The van der Waals surface area contributed by atoms with Gasteiger partial charge in [-0.2, -0.15) is 0 Å². The van der Waals surface area contributed by atoms with Crippen molar-refractivity contribution in [2.45, 2.75) is 32.6 Å². The summed E-state index contributed by atoms with van der Waals surface area (Å²) in [6.45, 7) is 8.96. The van der Waals surface area contributed by atoms with Crippen LogP contribution in [0.25, 0.3) is 0 Å². The van der Waals surface area contributed by atoms with Crippen molar-refractivity contribution in [1.82, 2.24) is 4.90 Å². The molecule has 1 saturated heterocycles. The predicted molar refractivity (Wildman–Crippen MR) is 96.8 cm³/mol. The number of hydrogen-bond donors (Lipinski definition) is 2. The van der Waals surface area contributed by atoms with Gasteiger partial charge in [-0.1, -0.05) is 6.07 Å². The molecule has 1 aromatic rings. The standard InChI is InChI=1S/C19H32N2O3/c1-3-23-16-5-6-17(19(13-16)24-4-2)18(14-20)15-7-9-21(10-8-15)11-12-22/h5-6,13,15,18,22H,3-4,7-12,14,20H2,1-2H3. The van der Waals surface area contributed by atoms with Gasteiger partial charge in [-0.3, -0.25) is 0 Å². The lowest BCUT2D eigenvalue weighted by Gasteiger charge is -2.36. The fourth-order valence-corrected chi connectivity index (χ4v) is 3.65. The predicted octanol–water partition coefficient (Wildman–Crippen LogP) is 2.23. The van der Waals surface area contributed by atoms with Crippen LogP contribution < -0.4 is 15.2 Å². The summed E-state index contributed by atoms with van der Waals surface area (Å²) in [5.74, 6) is 2.61. The third-order valence-corrected chi connectivity index (χ3v) is 4.87. The van der Waals surface area contributed by atoms with Crippen molar-refractivity contribution in [1.29, 1.82) is 0 Å². The number of aliphatic hydroxyl groups is 1. The van der Waals surface area contributed by atoms with E-state index in [0.717, 1.165) is 44.0 Å². The van der Waals surface area contributed by atoms with Crippen LogP contribution in [0.15, 0.2) is 18.2 Å². The lowest BCUT2D eigenvalue weighted by molar-refractivity contribution is 0.138. The Morgan fingerprint density at radius 3 is 2.50 bits per heavy atom. The van der Waals surface area contributed by atoms with Gasteiger partial charge in [0, 0.05) is 18.5 Å². The fraction of sp³-hybridized carbons (Fsp3) is 0.684. The van der Waals surface area contributed by atoms with E-state index in [1.165, 1.54) is 5.56 Å². The summed E-state index contributed by atoms with van der Waals surface area (Å²) in [5.41, 5.74) is 7.35. The van der Waals surface area contributed by atoms with Gasteiger partial charge in [0.15, 0.2) is 0 Å². The maximum absolute atomic E-state index is 9.09. The molecule has 2 rings (SSSR count). The molecule has 0 radical (unpaired) electrons. The molecule has 1 aliphatic rings. The normalized spacial score (nSPS) is 17.7. The average molecular weight is 336 g/mol. The summed E-state index contributed by atoms with van der Waals surface area (Å²) < 4.78 is 11.5. The maximum atomic E-state index is 9.09. The Morgan fingerprint density at radius 2 is 1.92 bits per heavy atom. The Kier molecular flexibility index (Phi) is 7.82. The molecule has 1 atom stereocenters. The number of hydrogen-bond acceptors (Lipinski definition) is 5. The number of β-amino-alcohol motifs (C(OH)–C–C–N with tert-alkyl or cyclic N) is 1. The van der Waals surface area contributed by atoms with Gasteiger partial charge in [-0.05, 0) is 63.9 Å². The van der Waals surface area contributed by atoms with Gasteiger partial charge >= 0.3 is 0 Å². The van der Waals surface area contributed by atoms with Crippen LogP contribution in [0.1, 0.15) is 38.2 Å². The number of nitrogens with two attached hydrogens (primary N) is 1. The summed E-state index contributed by atoms with van der Waals surface area (Å²) in [5, 5.41) is 9.09. The molecule has 1 aromatic carbocycles. The summed E-state index contributed by atoms with van der Waals surface area (Å²) in [7, 11) is 0. The summed E-state index contributed by atoms with van der Waals surface area (Å²) >= 11 is 0. The molecule has 1 heterocycles. The second kappa shape index (κ2) is 9.87. The topological polar surface area (TPSA) is 68.0 Å². The monoisotopic (exact) mass is 336 g/mol. The molecule has 3 N–H and O–H groups in total. The van der Waals surface area contributed by atoms with Crippen LogP contribution in [-0.4, -0.2) is 56.0 Å². The third-order valence-electron chi connectivity index (χ3n) is 4.87. The van der Waals surface area contributed by atoms with Gasteiger partial charge in [-0.15, -0.1) is 0 Å². The van der Waals surface area contributed by atoms with E-state index in [1.807, 2.05) is 26.0 Å². The number of rotatable bonds is 9. The van der Waals surface area contributed by atoms with Crippen LogP contribution in [-0.2, 0) is 0 Å². The molecule has 0 spiro atoms. The first kappa shape index (κ1) is 19.0. The molecule has 24 heavy (non-hydrogen) atoms. The zero-order chi connectivity index (χ0) is 17.4. The van der Waals surface area contributed by atoms with E-state index in [4.69, 9.17) is 20.3 Å². The number of piperidine rings is 1. The van der Waals surface area contributed by atoms with Crippen LogP contribution in [0.3, 0.4) is 0 Å². The van der Waals surface area contributed by atoms with Gasteiger partial charge in [0.1, 0.15) is 11.5 Å². The molecule has 5 heteroatoms. The van der Waals surface area contributed by atoms with E-state index in [-0.39, 0.29) is 6.61 Å². The van der Waals surface area contributed by atoms with Crippen LogP contribution in [0, 0.1) is 5.92 Å². The highest BCUT2D eigenvalue weighted by molar-refractivity contribution is 5.43. The molecule has 0 saturated carbocycles. The molecule has 0 aromatic heterocycles. The SMILES string of the molecule is CCOc1ccc(C(CN)C2CCN(CCO)CC2)c(OCC)c1. The highest BCUT2D eigenvalue weighted by Gasteiger charge is 2.28. The quantitative estimate of drug-likeness (QED) is 0.724. The molecule has 5 nitrogen and oxygen atoms in total. The Bertz CT molecular complexity index is 488. The van der Waals surface area contributed by atoms with E-state index in [9.17, 15) is 0 Å². The highest BCUT2D eigenvalue weighted by Crippen LogP contribution is 2.38. The number of ether oxygens (including phenoxy) is 2. The zero-order valence-electron chi connectivity index (χ0n) is 15.0. The van der Waals surface area contributed by atoms with E-state index < -0.39 is 0 Å². The minimum Gasteiger partial charge on any atom is -0.494 e. The average Bonchev–Trinajstić information content (AvgIpc) is 2.59. The molecule has 1 aliphatic heterocycles. The minimum absolute atomic E-state index is 0.234. The third kappa shape index (κ3) is 4.85. The van der Waals surface area contributed by atoms with Gasteiger partial charge < -0.3 is 25.2 Å². The van der Waals surface area contributed by atoms with Crippen LogP contribution in [0.5, 0.6) is 11.5 Å². The maximum Gasteiger partial charge on any atom is 0.126 e. The van der Waals surface area contributed by atoms with Crippen molar-refractivity contribution >= 4 is 0 Å². The van der Waals surface area contributed by atoms with Gasteiger partial charge in [0.05, 0.1) is 19.8 Å². The molecule has 136 valence electrons. The van der Waals surface area contributed by atoms with Gasteiger partial charge in [0.2, 0.25) is 0 Å². The smallest absolute Gasteiger partial charge is 0.126 e. The molecule has 0 bridgehead atoms. The number of benzene rings is 1. The second-order valence-electron chi connectivity index (χ2n) is 6.31. The second-order valence-corrected chi connectivity index (χ2v) is 6.31. The Labute approximate surface area is 145 Å². The summed E-state index contributed by atoms with van der Waals surface area (Å²) in [4.78, 5) is 2.33. The van der Waals surface area contributed by atoms with Crippen LogP contribution in [0.4, 0.5) is 0 Å². The number of nitrogens with zero attached hydrogens (tertiary/aromatic N) is 1. The lowest BCUT2D eigenvalue weighted by atomic mass is 9.79. The summed E-state index contributed by atoms with van der Waals surface area (Å²) in [6.07, 6.45) is 2.22. The molecule has 0 aliphatic carbocycles. The molecular weight excluding hydrogens is 304 g/mol. The highest BCUT2D eigenvalue weighted by atomic mass is 16.5. The van der Waals surface area contributed by atoms with Crippen molar-refractivity contribution in [2.24, 2.45) is 11.7 Å². The van der Waals surface area contributed by atoms with Crippen molar-refractivity contribution in [3.05, 3.63) is 23.8 Å². The molecular formula is C19H32N2O3. The van der Waals surface area contributed by atoms with E-state index in [0.29, 0.717) is 31.6 Å².